The zero-order chi connectivity index (χ0) is 24.5. The molecule has 1 aliphatic rings. The van der Waals surface area contributed by atoms with Crippen molar-refractivity contribution in [3.8, 4) is 17.2 Å². The molecule has 0 saturated carbocycles. The molecule has 1 atom stereocenters. The highest BCUT2D eigenvalue weighted by Crippen LogP contribution is 2.47. The van der Waals surface area contributed by atoms with Crippen LogP contribution in [-0.2, 0) is 6.42 Å². The minimum absolute atomic E-state index is 0.0589. The largest absolute Gasteiger partial charge is 0.493 e. The van der Waals surface area contributed by atoms with Crippen LogP contribution in [0.5, 0.6) is 17.2 Å². The number of hydrogen-bond acceptors (Lipinski definition) is 6. The number of amides is 1. The third kappa shape index (κ3) is 3.69. The number of carbonyl (C=O) groups is 1. The van der Waals surface area contributed by atoms with Gasteiger partial charge in [-0.2, -0.15) is 0 Å². The number of carbonyl (C=O) groups excluding carboxylic acids is 1. The fourth-order valence-electron chi connectivity index (χ4n) is 4.76. The van der Waals surface area contributed by atoms with Crippen molar-refractivity contribution in [1.29, 1.82) is 0 Å². The number of ether oxygens (including phenoxy) is 3. The second-order valence-corrected chi connectivity index (χ2v) is 8.23. The third-order valence-corrected chi connectivity index (χ3v) is 6.39. The third-order valence-electron chi connectivity index (χ3n) is 6.39. The average Bonchev–Trinajstić information content (AvgIpc) is 3.18. The predicted molar refractivity (Wildman–Crippen MR) is 132 cm³/mol. The van der Waals surface area contributed by atoms with Gasteiger partial charge in [0, 0.05) is 12.1 Å². The number of para-hydroxylation sites is 1. The number of fused-ring (bicyclic) bond motifs is 2. The zero-order valence-corrected chi connectivity index (χ0v) is 19.7. The summed E-state index contributed by atoms with van der Waals surface area (Å²) in [7, 11) is 4.58. The summed E-state index contributed by atoms with van der Waals surface area (Å²) in [6.45, 7) is 0.380. The second-order valence-electron chi connectivity index (χ2n) is 8.23. The molecule has 0 spiro atoms. The fourth-order valence-corrected chi connectivity index (χ4v) is 4.76. The lowest BCUT2D eigenvalue weighted by Gasteiger charge is -2.27. The van der Waals surface area contributed by atoms with Crippen LogP contribution in [0.1, 0.15) is 33.3 Å². The molecular formula is C28H25NO6. The molecule has 0 fully saturated rings. The molecule has 178 valence electrons. The lowest BCUT2D eigenvalue weighted by molar-refractivity contribution is 0.0728. The van der Waals surface area contributed by atoms with Gasteiger partial charge in [0.25, 0.3) is 5.91 Å². The number of hydrogen-bond donors (Lipinski definition) is 0. The number of rotatable bonds is 7. The fraction of sp³-hybridized carbons (Fsp3) is 0.214. The maximum atomic E-state index is 13.7. The quantitative estimate of drug-likeness (QED) is 0.392. The minimum atomic E-state index is -0.711. The topological polar surface area (TPSA) is 78.2 Å². The first kappa shape index (κ1) is 22.5. The maximum Gasteiger partial charge on any atom is 0.290 e. The van der Waals surface area contributed by atoms with Gasteiger partial charge in [0.1, 0.15) is 5.58 Å². The molecule has 0 saturated heterocycles. The van der Waals surface area contributed by atoms with E-state index < -0.39 is 6.04 Å². The van der Waals surface area contributed by atoms with Gasteiger partial charge in [-0.3, -0.25) is 9.59 Å². The van der Waals surface area contributed by atoms with E-state index in [1.165, 1.54) is 21.3 Å². The van der Waals surface area contributed by atoms with Crippen molar-refractivity contribution in [1.82, 2.24) is 4.90 Å². The van der Waals surface area contributed by atoms with Crippen molar-refractivity contribution in [2.45, 2.75) is 12.5 Å². The molecule has 1 unspecified atom stereocenters. The summed E-state index contributed by atoms with van der Waals surface area (Å²) in [4.78, 5) is 29.1. The Bertz CT molecular complexity index is 1460. The molecule has 1 aliphatic heterocycles. The summed E-state index contributed by atoms with van der Waals surface area (Å²) in [6, 6.07) is 19.7. The lowest BCUT2D eigenvalue weighted by atomic mass is 9.96. The summed E-state index contributed by atoms with van der Waals surface area (Å²) in [5, 5.41) is 0.424. The van der Waals surface area contributed by atoms with Gasteiger partial charge in [0.2, 0.25) is 11.5 Å². The maximum absolute atomic E-state index is 13.7. The Hall–Kier alpha value is -4.26. The Labute approximate surface area is 202 Å². The highest BCUT2D eigenvalue weighted by molar-refractivity contribution is 5.99. The van der Waals surface area contributed by atoms with E-state index in [1.54, 1.807) is 41.3 Å². The summed E-state index contributed by atoms with van der Waals surface area (Å²) < 4.78 is 22.8. The van der Waals surface area contributed by atoms with Gasteiger partial charge < -0.3 is 23.5 Å². The van der Waals surface area contributed by atoms with Crippen LogP contribution in [0, 0.1) is 0 Å². The number of methoxy groups -OCH3 is 3. The van der Waals surface area contributed by atoms with Gasteiger partial charge in [0.05, 0.1) is 38.3 Å². The molecule has 0 bridgehead atoms. The molecule has 4 aromatic rings. The van der Waals surface area contributed by atoms with E-state index in [4.69, 9.17) is 18.6 Å². The average molecular weight is 472 g/mol. The Kier molecular flexibility index (Phi) is 5.91. The standard InChI is InChI=1S/C28H25NO6/c1-32-21-14-13-19(25(33-2)26(21)34-3)23-22-24(30)18-11-7-8-12-20(18)35-27(22)28(31)29(23)16-15-17-9-5-4-6-10-17/h4-14,23H,15-16H2,1-3H3. The Balaban J connectivity index is 1.72. The van der Waals surface area contributed by atoms with Crippen molar-refractivity contribution < 1.29 is 23.4 Å². The van der Waals surface area contributed by atoms with Gasteiger partial charge >= 0.3 is 0 Å². The number of benzene rings is 3. The molecule has 7 nitrogen and oxygen atoms in total. The highest BCUT2D eigenvalue weighted by Gasteiger charge is 2.44. The predicted octanol–water partition coefficient (Wildman–Crippen LogP) is 4.61. The molecule has 2 heterocycles. The summed E-state index contributed by atoms with van der Waals surface area (Å²) in [6.07, 6.45) is 0.611. The van der Waals surface area contributed by atoms with Crippen LogP contribution in [0.4, 0.5) is 0 Å². The second kappa shape index (κ2) is 9.18. The van der Waals surface area contributed by atoms with Crippen molar-refractivity contribution in [3.05, 3.63) is 99.4 Å². The van der Waals surface area contributed by atoms with E-state index in [1.807, 2.05) is 30.3 Å². The van der Waals surface area contributed by atoms with Crippen LogP contribution in [0.15, 0.2) is 75.9 Å². The Morgan fingerprint density at radius 2 is 1.54 bits per heavy atom. The van der Waals surface area contributed by atoms with Crippen molar-refractivity contribution in [2.75, 3.05) is 27.9 Å². The smallest absolute Gasteiger partial charge is 0.290 e. The lowest BCUT2D eigenvalue weighted by Crippen LogP contribution is -2.32. The van der Waals surface area contributed by atoms with Crippen LogP contribution < -0.4 is 19.6 Å². The molecule has 1 amide bonds. The summed E-state index contributed by atoms with van der Waals surface area (Å²) >= 11 is 0. The van der Waals surface area contributed by atoms with E-state index in [-0.39, 0.29) is 17.1 Å². The molecule has 3 aromatic carbocycles. The Morgan fingerprint density at radius 1 is 0.829 bits per heavy atom. The van der Waals surface area contributed by atoms with Crippen molar-refractivity contribution in [3.63, 3.8) is 0 Å². The van der Waals surface area contributed by atoms with Crippen LogP contribution in [0.2, 0.25) is 0 Å². The van der Waals surface area contributed by atoms with E-state index in [0.29, 0.717) is 52.3 Å². The van der Waals surface area contributed by atoms with Gasteiger partial charge in [-0.05, 0) is 36.2 Å². The molecule has 5 rings (SSSR count). The van der Waals surface area contributed by atoms with Crippen LogP contribution >= 0.6 is 0 Å². The SMILES string of the molecule is COc1ccc(C2c3c(oc4ccccc4c3=O)C(=O)N2CCc2ccccc2)c(OC)c1OC. The normalized spacial score (nSPS) is 14.8. The van der Waals surface area contributed by atoms with Crippen molar-refractivity contribution >= 4 is 16.9 Å². The first-order chi connectivity index (χ1) is 17.1. The molecule has 0 N–H and O–H groups in total. The molecule has 35 heavy (non-hydrogen) atoms. The zero-order valence-electron chi connectivity index (χ0n) is 19.7. The highest BCUT2D eigenvalue weighted by atomic mass is 16.5. The molecule has 0 aliphatic carbocycles. The molecule has 1 aromatic heterocycles. The first-order valence-corrected chi connectivity index (χ1v) is 11.3. The van der Waals surface area contributed by atoms with Crippen LogP contribution in [0.3, 0.4) is 0 Å². The Morgan fingerprint density at radius 3 is 2.26 bits per heavy atom. The van der Waals surface area contributed by atoms with Crippen LogP contribution in [0.25, 0.3) is 11.0 Å². The van der Waals surface area contributed by atoms with Gasteiger partial charge in [0.15, 0.2) is 16.9 Å². The van der Waals surface area contributed by atoms with Gasteiger partial charge in [-0.25, -0.2) is 0 Å². The van der Waals surface area contributed by atoms with E-state index >= 15 is 0 Å². The molecular weight excluding hydrogens is 446 g/mol. The first-order valence-electron chi connectivity index (χ1n) is 11.3. The van der Waals surface area contributed by atoms with E-state index in [2.05, 4.69) is 0 Å². The van der Waals surface area contributed by atoms with Crippen LogP contribution in [-0.4, -0.2) is 38.7 Å². The summed E-state index contributed by atoms with van der Waals surface area (Å²) in [5.74, 6) is 1.000. The van der Waals surface area contributed by atoms with Gasteiger partial charge in [-0.15, -0.1) is 0 Å². The minimum Gasteiger partial charge on any atom is -0.493 e. The number of nitrogens with zero attached hydrogens (tertiary/aromatic N) is 1. The molecule has 0 radical (unpaired) electrons. The summed E-state index contributed by atoms with van der Waals surface area (Å²) in [5.41, 5.74) is 2.14. The van der Waals surface area contributed by atoms with Gasteiger partial charge in [-0.1, -0.05) is 42.5 Å². The molecule has 7 heteroatoms. The van der Waals surface area contributed by atoms with E-state index in [0.717, 1.165) is 5.56 Å². The monoisotopic (exact) mass is 471 g/mol. The van der Waals surface area contributed by atoms with Crippen molar-refractivity contribution in [2.24, 2.45) is 0 Å². The van der Waals surface area contributed by atoms with E-state index in [9.17, 15) is 9.59 Å².